The molecule has 1 saturated carbocycles. The van der Waals surface area contributed by atoms with E-state index in [0.29, 0.717) is 17.2 Å². The van der Waals surface area contributed by atoms with Crippen molar-refractivity contribution in [1.29, 1.82) is 0 Å². The maximum absolute atomic E-state index is 13.5. The molecule has 1 aliphatic carbocycles. The first-order valence-electron chi connectivity index (χ1n) is 12.2. The van der Waals surface area contributed by atoms with Gasteiger partial charge in [0.25, 0.3) is 0 Å². The summed E-state index contributed by atoms with van der Waals surface area (Å²) in [7, 11) is 3.14. The highest BCUT2D eigenvalue weighted by Crippen LogP contribution is 2.38. The van der Waals surface area contributed by atoms with Crippen LogP contribution in [0.4, 0.5) is 11.4 Å². The van der Waals surface area contributed by atoms with E-state index in [2.05, 4.69) is 10.6 Å². The zero-order chi connectivity index (χ0) is 25.3. The Balaban J connectivity index is 1.48. The van der Waals surface area contributed by atoms with Crippen molar-refractivity contribution < 1.29 is 19.1 Å². The van der Waals surface area contributed by atoms with Crippen LogP contribution in [0.1, 0.15) is 42.9 Å². The average molecular weight is 505 g/mol. The van der Waals surface area contributed by atoms with E-state index >= 15 is 0 Å². The third-order valence-corrected chi connectivity index (χ3v) is 7.63. The number of benzene rings is 3. The van der Waals surface area contributed by atoms with Crippen LogP contribution in [0.3, 0.4) is 0 Å². The zero-order valence-corrected chi connectivity index (χ0v) is 21.5. The Labute approximate surface area is 216 Å². The average Bonchev–Trinajstić information content (AvgIpc) is 2.93. The van der Waals surface area contributed by atoms with E-state index in [1.807, 2.05) is 54.6 Å². The topological polar surface area (TPSA) is 76.7 Å². The van der Waals surface area contributed by atoms with Gasteiger partial charge in [-0.05, 0) is 54.8 Å². The summed E-state index contributed by atoms with van der Waals surface area (Å²) in [4.78, 5) is 27.0. The van der Waals surface area contributed by atoms with Gasteiger partial charge in [0, 0.05) is 22.6 Å². The van der Waals surface area contributed by atoms with Crippen LogP contribution >= 0.6 is 11.8 Å². The van der Waals surface area contributed by atoms with Gasteiger partial charge >= 0.3 is 0 Å². The highest BCUT2D eigenvalue weighted by atomic mass is 32.2. The summed E-state index contributed by atoms with van der Waals surface area (Å²) in [6.45, 7) is 0. The van der Waals surface area contributed by atoms with Crippen LogP contribution in [-0.4, -0.2) is 26.0 Å². The first kappa shape index (κ1) is 25.6. The minimum Gasteiger partial charge on any atom is -0.497 e. The number of methoxy groups -OCH3 is 2. The molecule has 0 aromatic heterocycles. The molecule has 0 spiro atoms. The summed E-state index contributed by atoms with van der Waals surface area (Å²) < 4.78 is 10.7. The zero-order valence-electron chi connectivity index (χ0n) is 20.7. The SMILES string of the molecule is COc1ccc(NC(=O)C(Sc2ccc(NC(=O)C3CCCCC3)cc2)c2ccccc2)c(OC)c1. The van der Waals surface area contributed by atoms with Gasteiger partial charge in [0.05, 0.1) is 19.9 Å². The number of amides is 2. The maximum atomic E-state index is 13.5. The van der Waals surface area contributed by atoms with E-state index < -0.39 is 5.25 Å². The van der Waals surface area contributed by atoms with Crippen LogP contribution in [0.15, 0.2) is 77.7 Å². The van der Waals surface area contributed by atoms with E-state index in [0.717, 1.165) is 41.8 Å². The third-order valence-electron chi connectivity index (χ3n) is 6.36. The first-order chi connectivity index (χ1) is 17.6. The van der Waals surface area contributed by atoms with Gasteiger partial charge < -0.3 is 20.1 Å². The van der Waals surface area contributed by atoms with Crippen LogP contribution < -0.4 is 20.1 Å². The standard InChI is InChI=1S/C29H32N2O4S/c1-34-23-15-18-25(26(19-23)35-2)31-29(33)27(20-9-5-3-6-10-20)36-24-16-13-22(14-17-24)30-28(32)21-11-7-4-8-12-21/h3,5-6,9-10,13-19,21,27H,4,7-8,11-12H2,1-2H3,(H,30,32)(H,31,33). The summed E-state index contributed by atoms with van der Waals surface area (Å²) in [6.07, 6.45) is 5.40. The van der Waals surface area contributed by atoms with Gasteiger partial charge in [-0.15, -0.1) is 11.8 Å². The lowest BCUT2D eigenvalue weighted by Crippen LogP contribution is -2.24. The van der Waals surface area contributed by atoms with Crippen molar-refractivity contribution in [3.63, 3.8) is 0 Å². The van der Waals surface area contributed by atoms with E-state index in [1.54, 1.807) is 32.4 Å². The fourth-order valence-electron chi connectivity index (χ4n) is 4.36. The van der Waals surface area contributed by atoms with Crippen LogP contribution in [0, 0.1) is 5.92 Å². The second-order valence-electron chi connectivity index (χ2n) is 8.81. The molecule has 0 heterocycles. The van der Waals surface area contributed by atoms with Gasteiger partial charge in [-0.2, -0.15) is 0 Å². The van der Waals surface area contributed by atoms with Gasteiger partial charge in [0.15, 0.2) is 0 Å². The lowest BCUT2D eigenvalue weighted by molar-refractivity contribution is -0.120. The Bertz CT molecular complexity index is 1160. The normalized spacial score (nSPS) is 14.5. The molecule has 0 aliphatic heterocycles. The molecule has 1 unspecified atom stereocenters. The van der Waals surface area contributed by atoms with Gasteiger partial charge in [-0.1, -0.05) is 49.6 Å². The minimum absolute atomic E-state index is 0.102. The monoisotopic (exact) mass is 504 g/mol. The third kappa shape index (κ3) is 6.61. The Morgan fingerprint density at radius 3 is 2.25 bits per heavy atom. The fraction of sp³-hybridized carbons (Fsp3) is 0.310. The van der Waals surface area contributed by atoms with Crippen molar-refractivity contribution in [2.45, 2.75) is 42.2 Å². The number of carbonyl (C=O) groups excluding carboxylic acids is 2. The second-order valence-corrected chi connectivity index (χ2v) is 9.99. The van der Waals surface area contributed by atoms with Crippen molar-refractivity contribution in [3.05, 3.63) is 78.4 Å². The highest BCUT2D eigenvalue weighted by molar-refractivity contribution is 8.00. The number of anilines is 2. The van der Waals surface area contributed by atoms with Gasteiger partial charge in [0.2, 0.25) is 11.8 Å². The summed E-state index contributed by atoms with van der Waals surface area (Å²) in [5.74, 6) is 1.22. The molecule has 0 saturated heterocycles. The van der Waals surface area contributed by atoms with Crippen LogP contribution in [0.25, 0.3) is 0 Å². The smallest absolute Gasteiger partial charge is 0.242 e. The predicted molar refractivity (Wildman–Crippen MR) is 145 cm³/mol. The number of rotatable bonds is 9. The number of thioether (sulfide) groups is 1. The molecule has 7 heteroatoms. The summed E-state index contributed by atoms with van der Waals surface area (Å²) in [5, 5.41) is 5.57. The molecule has 0 bridgehead atoms. The van der Waals surface area contributed by atoms with E-state index in [-0.39, 0.29) is 17.7 Å². The van der Waals surface area contributed by atoms with E-state index in [4.69, 9.17) is 9.47 Å². The highest BCUT2D eigenvalue weighted by Gasteiger charge is 2.24. The molecule has 3 aromatic carbocycles. The summed E-state index contributed by atoms with van der Waals surface area (Å²) >= 11 is 1.46. The molecular formula is C29H32N2O4S. The second kappa shape index (κ2) is 12.5. The molecule has 2 N–H and O–H groups in total. The first-order valence-corrected chi connectivity index (χ1v) is 13.1. The molecule has 1 fully saturated rings. The molecular weight excluding hydrogens is 472 g/mol. The van der Waals surface area contributed by atoms with Crippen molar-refractivity contribution in [2.24, 2.45) is 5.92 Å². The Hall–Kier alpha value is -3.45. The number of carbonyl (C=O) groups is 2. The van der Waals surface area contributed by atoms with Crippen molar-refractivity contribution in [3.8, 4) is 11.5 Å². The molecule has 36 heavy (non-hydrogen) atoms. The number of nitrogens with one attached hydrogen (secondary N) is 2. The lowest BCUT2D eigenvalue weighted by Gasteiger charge is -2.21. The van der Waals surface area contributed by atoms with E-state index in [1.165, 1.54) is 18.2 Å². The molecule has 2 amide bonds. The Kier molecular flexibility index (Phi) is 8.90. The Morgan fingerprint density at radius 1 is 0.861 bits per heavy atom. The predicted octanol–water partition coefficient (Wildman–Crippen LogP) is 6.69. The summed E-state index contributed by atoms with van der Waals surface area (Å²) in [5.41, 5.74) is 2.24. The Morgan fingerprint density at radius 2 is 1.58 bits per heavy atom. The van der Waals surface area contributed by atoms with Gasteiger partial charge in [0.1, 0.15) is 16.7 Å². The molecule has 1 aliphatic rings. The maximum Gasteiger partial charge on any atom is 0.242 e. The molecule has 3 aromatic rings. The van der Waals surface area contributed by atoms with Crippen LogP contribution in [0.5, 0.6) is 11.5 Å². The van der Waals surface area contributed by atoms with Crippen molar-refractivity contribution >= 4 is 35.0 Å². The van der Waals surface area contributed by atoms with Crippen molar-refractivity contribution in [1.82, 2.24) is 0 Å². The van der Waals surface area contributed by atoms with Gasteiger partial charge in [-0.25, -0.2) is 0 Å². The van der Waals surface area contributed by atoms with Crippen LogP contribution in [0.2, 0.25) is 0 Å². The molecule has 1 atom stereocenters. The minimum atomic E-state index is -0.485. The molecule has 0 radical (unpaired) electrons. The molecule has 4 rings (SSSR count). The molecule has 188 valence electrons. The largest absolute Gasteiger partial charge is 0.497 e. The van der Waals surface area contributed by atoms with Gasteiger partial charge in [-0.3, -0.25) is 9.59 Å². The van der Waals surface area contributed by atoms with Crippen LogP contribution in [-0.2, 0) is 9.59 Å². The summed E-state index contributed by atoms with van der Waals surface area (Å²) in [6, 6.07) is 22.6. The lowest BCUT2D eigenvalue weighted by atomic mass is 9.88. The number of hydrogen-bond acceptors (Lipinski definition) is 5. The quantitative estimate of drug-likeness (QED) is 0.317. The number of hydrogen-bond donors (Lipinski definition) is 2. The fourth-order valence-corrected chi connectivity index (χ4v) is 5.39. The van der Waals surface area contributed by atoms with Crippen molar-refractivity contribution in [2.75, 3.05) is 24.9 Å². The number of ether oxygens (including phenoxy) is 2. The molecule has 6 nitrogen and oxygen atoms in total. The van der Waals surface area contributed by atoms with E-state index in [9.17, 15) is 9.59 Å².